The first-order valence-corrected chi connectivity index (χ1v) is 7.80. The van der Waals surface area contributed by atoms with Crippen LogP contribution in [0.4, 0.5) is 26.3 Å². The molecule has 1 amide bonds. The average Bonchev–Trinajstić information content (AvgIpc) is 2.51. The second kappa shape index (κ2) is 7.39. The predicted octanol–water partition coefficient (Wildman–Crippen LogP) is 4.86. The van der Waals surface area contributed by atoms with Gasteiger partial charge in [0.15, 0.2) is 0 Å². The summed E-state index contributed by atoms with van der Waals surface area (Å²) in [6.45, 7) is -0.330. The van der Waals surface area contributed by atoms with Crippen LogP contribution in [0.3, 0.4) is 0 Å². The van der Waals surface area contributed by atoms with Crippen molar-refractivity contribution in [3.63, 3.8) is 0 Å². The minimum atomic E-state index is -4.67. The Bertz CT molecular complexity index is 840. The minimum absolute atomic E-state index is 0.0380. The molecule has 0 saturated heterocycles. The first-order chi connectivity index (χ1) is 11.9. The third-order valence-electron chi connectivity index (χ3n) is 3.04. The number of hydrogen-bond donors (Lipinski definition) is 1. The molecule has 0 bridgehead atoms. The molecule has 2 heterocycles. The van der Waals surface area contributed by atoms with Crippen molar-refractivity contribution in [3.05, 3.63) is 56.5 Å². The topological polar surface area (TPSA) is 54.9 Å². The molecular weight excluding hydrogens is 456 g/mol. The maximum absolute atomic E-state index is 12.5. The maximum atomic E-state index is 12.5. The van der Waals surface area contributed by atoms with Crippen molar-refractivity contribution >= 4 is 33.4 Å². The third-order valence-corrected chi connectivity index (χ3v) is 3.98. The molecule has 0 saturated carbocycles. The normalized spacial score (nSPS) is 12.2. The molecule has 140 valence electrons. The highest BCUT2D eigenvalue weighted by Crippen LogP contribution is 2.31. The summed E-state index contributed by atoms with van der Waals surface area (Å²) in [7, 11) is 0. The number of hydrogen-bond acceptors (Lipinski definition) is 3. The molecule has 0 radical (unpaired) electrons. The Hall–Kier alpha value is -1.88. The van der Waals surface area contributed by atoms with E-state index in [1.54, 1.807) is 0 Å². The van der Waals surface area contributed by atoms with Gasteiger partial charge in [-0.1, -0.05) is 11.6 Å². The van der Waals surface area contributed by atoms with Gasteiger partial charge in [0.2, 0.25) is 0 Å². The molecule has 1 N–H and O–H groups in total. The number of carbonyl (C=O) groups is 1. The second-order valence-corrected chi connectivity index (χ2v) is 6.02. The predicted molar refractivity (Wildman–Crippen MR) is 82.4 cm³/mol. The number of halogens is 8. The Morgan fingerprint density at radius 2 is 1.81 bits per heavy atom. The number of nitrogens with zero attached hydrogens (tertiary/aromatic N) is 2. The van der Waals surface area contributed by atoms with Crippen LogP contribution in [-0.4, -0.2) is 15.9 Å². The molecule has 0 spiro atoms. The van der Waals surface area contributed by atoms with Crippen LogP contribution in [-0.2, 0) is 18.9 Å². The zero-order chi connectivity index (χ0) is 19.7. The standard InChI is InChI=1S/C14H7BrClF6N3O/c15-11-7(1-2-10(25-11)14(20,21)22)12(26)24-5-9-8(16)3-6(4-23-9)13(17,18)19/h1-4H,5H2,(H,24,26). The molecule has 2 aromatic heterocycles. The number of aromatic nitrogens is 2. The molecule has 0 aliphatic heterocycles. The minimum Gasteiger partial charge on any atom is -0.346 e. The smallest absolute Gasteiger partial charge is 0.346 e. The lowest BCUT2D eigenvalue weighted by Gasteiger charge is -2.11. The average molecular weight is 463 g/mol. The molecule has 2 rings (SSSR count). The summed E-state index contributed by atoms with van der Waals surface area (Å²) >= 11 is 8.48. The van der Waals surface area contributed by atoms with Crippen LogP contribution < -0.4 is 5.32 Å². The van der Waals surface area contributed by atoms with E-state index in [0.29, 0.717) is 18.3 Å². The van der Waals surface area contributed by atoms with E-state index < -0.39 is 29.5 Å². The van der Waals surface area contributed by atoms with E-state index in [9.17, 15) is 31.1 Å². The van der Waals surface area contributed by atoms with E-state index in [4.69, 9.17) is 11.6 Å². The van der Waals surface area contributed by atoms with E-state index in [2.05, 4.69) is 31.2 Å². The number of nitrogens with one attached hydrogen (secondary N) is 1. The van der Waals surface area contributed by atoms with E-state index in [0.717, 1.165) is 6.07 Å². The second-order valence-electron chi connectivity index (χ2n) is 4.87. The van der Waals surface area contributed by atoms with Crippen molar-refractivity contribution in [1.29, 1.82) is 0 Å². The first-order valence-electron chi connectivity index (χ1n) is 6.63. The van der Waals surface area contributed by atoms with Crippen LogP contribution in [0.1, 0.15) is 27.3 Å². The van der Waals surface area contributed by atoms with Crippen LogP contribution in [0.2, 0.25) is 5.02 Å². The summed E-state index contributed by atoms with van der Waals surface area (Å²) in [4.78, 5) is 18.8. The van der Waals surface area contributed by atoms with Gasteiger partial charge in [-0.25, -0.2) is 4.98 Å². The molecule has 0 aromatic carbocycles. The first kappa shape index (κ1) is 20.4. The summed E-state index contributed by atoms with van der Waals surface area (Å²) in [5.41, 5.74) is -2.47. The molecule has 12 heteroatoms. The van der Waals surface area contributed by atoms with Crippen molar-refractivity contribution in [2.75, 3.05) is 0 Å². The fraction of sp³-hybridized carbons (Fsp3) is 0.214. The van der Waals surface area contributed by atoms with Crippen LogP contribution in [0.25, 0.3) is 0 Å². The van der Waals surface area contributed by atoms with Crippen molar-refractivity contribution < 1.29 is 31.1 Å². The van der Waals surface area contributed by atoms with Gasteiger partial charge >= 0.3 is 12.4 Å². The number of rotatable bonds is 3. The zero-order valence-electron chi connectivity index (χ0n) is 12.3. The lowest BCUT2D eigenvalue weighted by Crippen LogP contribution is -2.24. The molecule has 0 aliphatic carbocycles. The van der Waals surface area contributed by atoms with Crippen LogP contribution >= 0.6 is 27.5 Å². The van der Waals surface area contributed by atoms with Gasteiger partial charge in [0.25, 0.3) is 5.91 Å². The zero-order valence-corrected chi connectivity index (χ0v) is 14.7. The van der Waals surface area contributed by atoms with Gasteiger partial charge in [0.05, 0.1) is 28.4 Å². The molecule has 0 unspecified atom stereocenters. The van der Waals surface area contributed by atoms with Crippen molar-refractivity contribution in [2.45, 2.75) is 18.9 Å². The summed E-state index contributed by atoms with van der Waals surface area (Å²) in [5.74, 6) is -0.809. The molecule has 0 atom stereocenters. The van der Waals surface area contributed by atoms with Crippen LogP contribution in [0.5, 0.6) is 0 Å². The summed E-state index contributed by atoms with van der Waals surface area (Å²) in [6.07, 6.45) is -8.73. The Balaban J connectivity index is 2.12. The molecule has 4 nitrogen and oxygen atoms in total. The Labute approximate surface area is 155 Å². The largest absolute Gasteiger partial charge is 0.433 e. The quantitative estimate of drug-likeness (QED) is 0.524. The number of alkyl halides is 6. The lowest BCUT2D eigenvalue weighted by molar-refractivity contribution is -0.141. The summed E-state index contributed by atoms with van der Waals surface area (Å²) in [6, 6.07) is 2.20. The van der Waals surface area contributed by atoms with E-state index in [-0.39, 0.29) is 27.4 Å². The van der Waals surface area contributed by atoms with Gasteiger partial charge in [-0.15, -0.1) is 0 Å². The van der Waals surface area contributed by atoms with E-state index in [1.165, 1.54) is 0 Å². The van der Waals surface area contributed by atoms with Gasteiger partial charge in [0.1, 0.15) is 10.3 Å². The number of amides is 1. The molecule has 2 aromatic rings. The third kappa shape index (κ3) is 4.85. The highest BCUT2D eigenvalue weighted by molar-refractivity contribution is 9.10. The monoisotopic (exact) mass is 461 g/mol. The Morgan fingerprint density at radius 3 is 2.31 bits per heavy atom. The Morgan fingerprint density at radius 1 is 1.15 bits per heavy atom. The van der Waals surface area contributed by atoms with E-state index in [1.807, 2.05) is 0 Å². The molecule has 0 aliphatic rings. The van der Waals surface area contributed by atoms with Crippen molar-refractivity contribution in [1.82, 2.24) is 15.3 Å². The highest BCUT2D eigenvalue weighted by Gasteiger charge is 2.33. The van der Waals surface area contributed by atoms with Gasteiger partial charge in [-0.3, -0.25) is 9.78 Å². The van der Waals surface area contributed by atoms with Crippen LogP contribution in [0, 0.1) is 0 Å². The maximum Gasteiger partial charge on any atom is 0.433 e. The van der Waals surface area contributed by atoms with Crippen LogP contribution in [0.15, 0.2) is 29.0 Å². The molecule has 26 heavy (non-hydrogen) atoms. The number of carbonyl (C=O) groups excluding carboxylic acids is 1. The van der Waals surface area contributed by atoms with Gasteiger partial charge in [-0.05, 0) is 34.1 Å². The summed E-state index contributed by atoms with van der Waals surface area (Å²) in [5, 5.41) is 1.98. The number of pyridine rings is 2. The SMILES string of the molecule is O=C(NCc1ncc(C(F)(F)F)cc1Cl)c1ccc(C(F)(F)F)nc1Br. The van der Waals surface area contributed by atoms with Crippen molar-refractivity contribution in [3.8, 4) is 0 Å². The van der Waals surface area contributed by atoms with Gasteiger partial charge < -0.3 is 5.32 Å². The molecule has 0 fully saturated rings. The van der Waals surface area contributed by atoms with Crippen molar-refractivity contribution in [2.24, 2.45) is 0 Å². The van der Waals surface area contributed by atoms with Gasteiger partial charge in [0, 0.05) is 6.20 Å². The summed E-state index contributed by atoms with van der Waals surface area (Å²) < 4.78 is 74.9. The Kier molecular flexibility index (Phi) is 5.81. The lowest BCUT2D eigenvalue weighted by atomic mass is 10.2. The van der Waals surface area contributed by atoms with E-state index >= 15 is 0 Å². The fourth-order valence-electron chi connectivity index (χ4n) is 1.77. The van der Waals surface area contributed by atoms with Gasteiger partial charge in [-0.2, -0.15) is 26.3 Å². The molecular formula is C14H7BrClF6N3O. The fourth-order valence-corrected chi connectivity index (χ4v) is 2.51. The highest BCUT2D eigenvalue weighted by atomic mass is 79.9.